The molecule has 2 aromatic carbocycles. The number of carbonyl (C=O) groups is 2. The van der Waals surface area contributed by atoms with Gasteiger partial charge in [-0.2, -0.15) is 0 Å². The van der Waals surface area contributed by atoms with Gasteiger partial charge in [-0.05, 0) is 29.2 Å². The summed E-state index contributed by atoms with van der Waals surface area (Å²) >= 11 is 0. The van der Waals surface area contributed by atoms with Gasteiger partial charge < -0.3 is 10.4 Å². The van der Waals surface area contributed by atoms with E-state index in [1.165, 1.54) is 0 Å². The van der Waals surface area contributed by atoms with Gasteiger partial charge in [-0.1, -0.05) is 48.5 Å². The first-order valence-corrected chi connectivity index (χ1v) is 6.89. The molecule has 0 unspecified atom stereocenters. The number of hydrogen-bond donors (Lipinski definition) is 2. The van der Waals surface area contributed by atoms with Gasteiger partial charge in [0.15, 0.2) is 0 Å². The number of rotatable bonds is 6. The van der Waals surface area contributed by atoms with E-state index in [0.29, 0.717) is 6.41 Å². The van der Waals surface area contributed by atoms with E-state index in [2.05, 4.69) is 5.32 Å². The smallest absolute Gasteiger partial charge is 0.307 e. The van der Waals surface area contributed by atoms with E-state index in [9.17, 15) is 9.59 Å². The van der Waals surface area contributed by atoms with Crippen molar-refractivity contribution in [1.82, 2.24) is 5.32 Å². The number of aliphatic carboxylic acids is 1. The number of aryl methyl sites for hydroxylation is 1. The van der Waals surface area contributed by atoms with E-state index in [4.69, 9.17) is 5.11 Å². The van der Waals surface area contributed by atoms with Crippen molar-refractivity contribution in [3.05, 3.63) is 77.0 Å². The molecule has 4 heteroatoms. The summed E-state index contributed by atoms with van der Waals surface area (Å²) in [6.07, 6.45) is 2.27. The van der Waals surface area contributed by atoms with Crippen LogP contribution in [0, 0.1) is 6.92 Å². The summed E-state index contributed by atoms with van der Waals surface area (Å²) in [6.45, 7) is 2.00. The number of benzene rings is 2. The molecular formula is C18H17NO3. The lowest BCUT2D eigenvalue weighted by atomic mass is 9.94. The lowest BCUT2D eigenvalue weighted by molar-refractivity contribution is -0.136. The molecule has 4 nitrogen and oxygen atoms in total. The van der Waals surface area contributed by atoms with Crippen LogP contribution >= 0.6 is 0 Å². The van der Waals surface area contributed by atoms with Crippen LogP contribution in [0.1, 0.15) is 22.3 Å². The Labute approximate surface area is 129 Å². The van der Waals surface area contributed by atoms with E-state index in [-0.39, 0.29) is 6.42 Å². The molecule has 0 aliphatic heterocycles. The van der Waals surface area contributed by atoms with Gasteiger partial charge in [-0.3, -0.25) is 9.59 Å². The van der Waals surface area contributed by atoms with E-state index in [1.807, 2.05) is 43.3 Å². The highest BCUT2D eigenvalue weighted by atomic mass is 16.4. The topological polar surface area (TPSA) is 66.4 Å². The quantitative estimate of drug-likeness (QED) is 0.805. The zero-order valence-corrected chi connectivity index (χ0v) is 12.2. The Morgan fingerprint density at radius 3 is 2.41 bits per heavy atom. The molecule has 0 spiro atoms. The van der Waals surface area contributed by atoms with Crippen LogP contribution in [0.3, 0.4) is 0 Å². The van der Waals surface area contributed by atoms with Crippen LogP contribution < -0.4 is 5.32 Å². The summed E-state index contributed by atoms with van der Waals surface area (Å²) in [7, 11) is 0. The van der Waals surface area contributed by atoms with Crippen LogP contribution in [0.4, 0.5) is 0 Å². The normalized spacial score (nSPS) is 11.0. The molecule has 0 saturated heterocycles. The van der Waals surface area contributed by atoms with Gasteiger partial charge in [0.1, 0.15) is 0 Å². The largest absolute Gasteiger partial charge is 0.481 e. The van der Waals surface area contributed by atoms with Gasteiger partial charge in [-0.15, -0.1) is 0 Å². The number of hydrogen-bond acceptors (Lipinski definition) is 2. The van der Waals surface area contributed by atoms with E-state index in [1.54, 1.807) is 18.3 Å². The van der Waals surface area contributed by atoms with Crippen LogP contribution in [0.15, 0.2) is 54.7 Å². The molecule has 0 aromatic heterocycles. The summed E-state index contributed by atoms with van der Waals surface area (Å²) in [5.74, 6) is -0.856. The maximum atomic E-state index is 10.7. The van der Waals surface area contributed by atoms with E-state index in [0.717, 1.165) is 27.8 Å². The predicted molar refractivity (Wildman–Crippen MR) is 85.2 cm³/mol. The van der Waals surface area contributed by atoms with Crippen LogP contribution in [0.2, 0.25) is 0 Å². The standard InChI is InChI=1S/C18H17NO3/c1-13-4-2-3-5-16(13)17(11-19-12-20)15-8-6-14(7-9-15)10-18(21)22/h2-9,11-12H,10H2,1H3,(H,19,20)(H,21,22)/b17-11-. The fraction of sp³-hybridized carbons (Fsp3) is 0.111. The van der Waals surface area contributed by atoms with Crippen molar-refractivity contribution in [1.29, 1.82) is 0 Å². The average Bonchev–Trinajstić information content (AvgIpc) is 2.50. The highest BCUT2D eigenvalue weighted by molar-refractivity contribution is 5.82. The lowest BCUT2D eigenvalue weighted by Crippen LogP contribution is -2.04. The second-order valence-corrected chi connectivity index (χ2v) is 4.92. The third kappa shape index (κ3) is 3.82. The second-order valence-electron chi connectivity index (χ2n) is 4.92. The predicted octanol–water partition coefficient (Wildman–Crippen LogP) is 2.76. The summed E-state index contributed by atoms with van der Waals surface area (Å²) in [5, 5.41) is 11.4. The highest BCUT2D eigenvalue weighted by Gasteiger charge is 2.08. The Morgan fingerprint density at radius 1 is 1.14 bits per heavy atom. The zero-order valence-electron chi connectivity index (χ0n) is 12.2. The molecule has 1 amide bonds. The van der Waals surface area contributed by atoms with Crippen molar-refractivity contribution >= 4 is 18.0 Å². The number of carboxylic acid groups (broad SMARTS) is 1. The van der Waals surface area contributed by atoms with Crippen LogP contribution in [-0.2, 0) is 16.0 Å². The fourth-order valence-corrected chi connectivity index (χ4v) is 2.29. The third-order valence-electron chi connectivity index (χ3n) is 3.35. The van der Waals surface area contributed by atoms with Gasteiger partial charge in [0.25, 0.3) is 0 Å². The molecule has 2 aromatic rings. The molecule has 0 saturated carbocycles. The number of nitrogens with one attached hydrogen (secondary N) is 1. The minimum atomic E-state index is -0.856. The molecule has 0 bridgehead atoms. The Bertz CT molecular complexity index is 703. The van der Waals surface area contributed by atoms with Crippen molar-refractivity contribution in [2.75, 3.05) is 0 Å². The first-order valence-electron chi connectivity index (χ1n) is 6.89. The fourth-order valence-electron chi connectivity index (χ4n) is 2.29. The molecule has 0 radical (unpaired) electrons. The minimum Gasteiger partial charge on any atom is -0.481 e. The molecule has 112 valence electrons. The van der Waals surface area contributed by atoms with Crippen molar-refractivity contribution in [3.8, 4) is 0 Å². The summed E-state index contributed by atoms with van der Waals surface area (Å²) < 4.78 is 0. The van der Waals surface area contributed by atoms with E-state index < -0.39 is 5.97 Å². The number of amides is 1. The Hall–Kier alpha value is -2.88. The first-order chi connectivity index (χ1) is 10.6. The van der Waals surface area contributed by atoms with Gasteiger partial charge in [-0.25, -0.2) is 0 Å². The summed E-state index contributed by atoms with van der Waals surface area (Å²) in [6, 6.07) is 15.2. The third-order valence-corrected chi connectivity index (χ3v) is 3.35. The summed E-state index contributed by atoms with van der Waals surface area (Å²) in [5.41, 5.74) is 4.65. The molecule has 2 N–H and O–H groups in total. The number of carboxylic acids is 1. The zero-order chi connectivity index (χ0) is 15.9. The van der Waals surface area contributed by atoms with Gasteiger partial charge in [0, 0.05) is 11.8 Å². The molecule has 0 heterocycles. The highest BCUT2D eigenvalue weighted by Crippen LogP contribution is 2.25. The number of carbonyl (C=O) groups excluding carboxylic acids is 1. The van der Waals surface area contributed by atoms with Gasteiger partial charge in [0.05, 0.1) is 6.42 Å². The van der Waals surface area contributed by atoms with Crippen LogP contribution in [0.5, 0.6) is 0 Å². The molecular weight excluding hydrogens is 278 g/mol. The Morgan fingerprint density at radius 2 is 1.82 bits per heavy atom. The molecule has 22 heavy (non-hydrogen) atoms. The molecule has 0 aliphatic carbocycles. The molecule has 0 fully saturated rings. The van der Waals surface area contributed by atoms with Crippen molar-refractivity contribution < 1.29 is 14.7 Å². The lowest BCUT2D eigenvalue weighted by Gasteiger charge is -2.12. The maximum absolute atomic E-state index is 10.7. The average molecular weight is 295 g/mol. The van der Waals surface area contributed by atoms with Gasteiger partial charge >= 0.3 is 5.97 Å². The molecule has 0 aliphatic rings. The molecule has 0 atom stereocenters. The van der Waals surface area contributed by atoms with Crippen molar-refractivity contribution in [3.63, 3.8) is 0 Å². The van der Waals surface area contributed by atoms with Crippen LogP contribution in [0.25, 0.3) is 5.57 Å². The maximum Gasteiger partial charge on any atom is 0.307 e. The van der Waals surface area contributed by atoms with Gasteiger partial charge in [0.2, 0.25) is 6.41 Å². The first kappa shape index (κ1) is 15.5. The minimum absolute atomic E-state index is 0.00369. The SMILES string of the molecule is Cc1ccccc1/C(=C\NC=O)c1ccc(CC(=O)O)cc1. The monoisotopic (exact) mass is 295 g/mol. The Kier molecular flexibility index (Phi) is 5.09. The second kappa shape index (κ2) is 7.22. The Balaban J connectivity index is 2.40. The van der Waals surface area contributed by atoms with Crippen LogP contribution in [-0.4, -0.2) is 17.5 Å². The van der Waals surface area contributed by atoms with E-state index >= 15 is 0 Å². The van der Waals surface area contributed by atoms with Crippen molar-refractivity contribution in [2.45, 2.75) is 13.3 Å². The molecule has 2 rings (SSSR count). The van der Waals surface area contributed by atoms with Crippen molar-refractivity contribution in [2.24, 2.45) is 0 Å². The summed E-state index contributed by atoms with van der Waals surface area (Å²) in [4.78, 5) is 21.3.